The van der Waals surface area contributed by atoms with Gasteiger partial charge in [0.15, 0.2) is 0 Å². The van der Waals surface area contributed by atoms with Gasteiger partial charge in [-0.25, -0.2) is 14.4 Å². The normalized spacial score (nSPS) is 7.03. The minimum atomic E-state index is -1.11. The molecule has 14 nitrogen and oxygen atoms in total. The number of carbonyl (C=O) groups excluding carboxylic acids is 2. The molecule has 0 aliphatic rings. The zero-order chi connectivity index (χ0) is 23.7. The van der Waals surface area contributed by atoms with Crippen molar-refractivity contribution < 1.29 is 130 Å². The number of esters is 1. The molecule has 0 atom stereocenters. The molecular formula is C20H30Na2O14. The fourth-order valence-corrected chi connectivity index (χ4v) is 1.54. The first kappa shape index (κ1) is 54.7. The van der Waals surface area contributed by atoms with Crippen molar-refractivity contribution in [3.63, 3.8) is 0 Å². The topological polar surface area (TPSA) is 268 Å². The van der Waals surface area contributed by atoms with Crippen molar-refractivity contribution in [3.05, 3.63) is 59.7 Å². The standard InChI is InChI=1S/C9H8O4.C7H6O3.C2H4O3.2CH4.2Na.H2O2.2H2O/c1-6(10)13-8-5-3-2-4-7(8)9(11)12;8-6-4-2-1-3-5(6)7(9)10;1-2(3)5-4;;;;;1-2;;/h2-5H,1H3,(H,11,12);1-4,8H,(H,9,10);4H,1H3;2*1H4;;;1-2H;2*1H2/q;;;;;2*+1;;;/p-2. The summed E-state index contributed by atoms with van der Waals surface area (Å²) < 4.78 is 4.69. The quantitative estimate of drug-likeness (QED) is 0.0764. The van der Waals surface area contributed by atoms with Crippen molar-refractivity contribution in [1.82, 2.24) is 0 Å². The molecule has 0 unspecified atom stereocenters. The van der Waals surface area contributed by atoms with E-state index in [4.69, 9.17) is 31.1 Å². The second-order valence-electron chi connectivity index (χ2n) is 4.80. The summed E-state index contributed by atoms with van der Waals surface area (Å²) >= 11 is 0. The number of para-hydroxylation sites is 2. The Kier molecular flexibility index (Phi) is 50.0. The summed E-state index contributed by atoms with van der Waals surface area (Å²) in [6.07, 6.45) is 0. The maximum Gasteiger partial charge on any atom is 1.00 e. The van der Waals surface area contributed by atoms with Crippen LogP contribution in [0.3, 0.4) is 0 Å². The summed E-state index contributed by atoms with van der Waals surface area (Å²) in [6, 6.07) is 11.8. The van der Waals surface area contributed by atoms with Gasteiger partial charge >= 0.3 is 83.0 Å². The van der Waals surface area contributed by atoms with E-state index >= 15 is 0 Å². The number of carboxylic acid groups (broad SMARTS) is 2. The predicted octanol–water partition coefficient (Wildman–Crippen LogP) is -2.63. The second-order valence-corrected chi connectivity index (χ2v) is 4.80. The first-order chi connectivity index (χ1) is 14.1. The van der Waals surface area contributed by atoms with Crippen molar-refractivity contribution in [2.24, 2.45) is 0 Å². The van der Waals surface area contributed by atoms with Crippen LogP contribution in [0, 0.1) is 0 Å². The van der Waals surface area contributed by atoms with Crippen molar-refractivity contribution in [1.29, 1.82) is 0 Å². The van der Waals surface area contributed by atoms with E-state index in [0.717, 1.165) is 6.92 Å². The number of aromatic hydroxyl groups is 1. The first-order valence-electron chi connectivity index (χ1n) is 7.64. The minimum Gasteiger partial charge on any atom is -0.870 e. The van der Waals surface area contributed by atoms with Gasteiger partial charge in [0.25, 0.3) is 0 Å². The fraction of sp³-hybridized carbons (Fsp3) is 0.200. The molecule has 8 N–H and O–H groups in total. The van der Waals surface area contributed by atoms with Gasteiger partial charge in [-0.2, -0.15) is 5.26 Å². The third-order valence-corrected chi connectivity index (χ3v) is 2.63. The van der Waals surface area contributed by atoms with Crippen LogP contribution in [0.2, 0.25) is 0 Å². The first-order valence-corrected chi connectivity index (χ1v) is 7.64. The molecule has 2 aromatic rings. The number of hydrogen-bond donors (Lipinski definition) is 6. The average Bonchev–Trinajstić information content (AvgIpc) is 2.70. The van der Waals surface area contributed by atoms with Gasteiger partial charge in [0.2, 0.25) is 0 Å². The maximum atomic E-state index is 10.6. The number of hydrogen-bond acceptors (Lipinski definition) is 12. The van der Waals surface area contributed by atoms with Crippen molar-refractivity contribution in [2.75, 3.05) is 0 Å². The largest absolute Gasteiger partial charge is 1.00 e. The smallest absolute Gasteiger partial charge is 0.870 e. The molecule has 0 aromatic heterocycles. The minimum absolute atomic E-state index is 0. The van der Waals surface area contributed by atoms with Crippen LogP contribution in [0.4, 0.5) is 0 Å². The summed E-state index contributed by atoms with van der Waals surface area (Å²) in [5.41, 5.74) is -0.0831. The van der Waals surface area contributed by atoms with Gasteiger partial charge < -0.3 is 35.9 Å². The van der Waals surface area contributed by atoms with Crippen LogP contribution in [0.25, 0.3) is 0 Å². The summed E-state index contributed by atoms with van der Waals surface area (Å²) in [4.78, 5) is 43.9. The van der Waals surface area contributed by atoms with Gasteiger partial charge in [-0.1, -0.05) is 39.1 Å². The molecule has 2 rings (SSSR count). The molecule has 36 heavy (non-hydrogen) atoms. The van der Waals surface area contributed by atoms with Crippen LogP contribution < -0.4 is 63.9 Å². The summed E-state index contributed by atoms with van der Waals surface area (Å²) in [5, 5.41) is 45.3. The predicted molar refractivity (Wildman–Crippen MR) is 117 cm³/mol. The molecule has 0 fully saturated rings. The number of rotatable bonds is 3. The van der Waals surface area contributed by atoms with Crippen LogP contribution >= 0.6 is 0 Å². The SMILES string of the molecule is C.C.CC(=O)OO.CC(=O)Oc1ccccc1C(=O)O.O=C(O)c1ccccc1O.OO.[Na+].[Na+].[OH-].[OH-]. The van der Waals surface area contributed by atoms with Gasteiger partial charge in [-0.05, 0) is 24.3 Å². The molecule has 0 saturated carbocycles. The third kappa shape index (κ3) is 26.5. The van der Waals surface area contributed by atoms with E-state index in [1.165, 1.54) is 31.2 Å². The van der Waals surface area contributed by atoms with Crippen molar-refractivity contribution in [2.45, 2.75) is 28.7 Å². The van der Waals surface area contributed by atoms with Gasteiger partial charge in [0.1, 0.15) is 22.6 Å². The molecule has 0 radical (unpaired) electrons. The number of ether oxygens (including phenoxy) is 1. The zero-order valence-electron chi connectivity index (χ0n) is 18.6. The van der Waals surface area contributed by atoms with E-state index in [9.17, 15) is 19.2 Å². The van der Waals surface area contributed by atoms with Crippen LogP contribution in [-0.4, -0.2) is 65.9 Å². The molecule has 0 bridgehead atoms. The van der Waals surface area contributed by atoms with Gasteiger partial charge in [0, 0.05) is 13.8 Å². The molecule has 16 heteroatoms. The second kappa shape index (κ2) is 32.9. The molecule has 0 heterocycles. The van der Waals surface area contributed by atoms with E-state index < -0.39 is 23.9 Å². The van der Waals surface area contributed by atoms with E-state index in [0.29, 0.717) is 0 Å². The Bertz CT molecular complexity index is 847. The van der Waals surface area contributed by atoms with Crippen LogP contribution in [-0.2, 0) is 14.5 Å². The van der Waals surface area contributed by atoms with Crippen LogP contribution in [0.5, 0.6) is 11.5 Å². The summed E-state index contributed by atoms with van der Waals surface area (Å²) in [7, 11) is 0. The summed E-state index contributed by atoms with van der Waals surface area (Å²) in [6.45, 7) is 2.33. The Hall–Kier alpha value is -2.08. The molecule has 0 aliphatic heterocycles. The molecule has 0 spiro atoms. The molecular weight excluding hydrogens is 510 g/mol. The zero-order valence-corrected chi connectivity index (χ0v) is 22.6. The summed E-state index contributed by atoms with van der Waals surface area (Å²) in [5.74, 6) is -3.58. The molecule has 0 saturated heterocycles. The maximum absolute atomic E-state index is 10.6. The van der Waals surface area contributed by atoms with Crippen LogP contribution in [0.1, 0.15) is 49.4 Å². The Morgan fingerprint density at radius 3 is 1.31 bits per heavy atom. The fourth-order valence-electron chi connectivity index (χ4n) is 1.54. The van der Waals surface area contributed by atoms with Crippen molar-refractivity contribution in [3.8, 4) is 11.5 Å². The van der Waals surface area contributed by atoms with E-state index in [1.54, 1.807) is 24.3 Å². The number of aromatic carboxylic acids is 2. The van der Waals surface area contributed by atoms with Crippen LogP contribution in [0.15, 0.2) is 48.5 Å². The Balaban J connectivity index is -0.0000000517. The van der Waals surface area contributed by atoms with E-state index in [-0.39, 0.29) is 108 Å². The number of carboxylic acids is 2. The van der Waals surface area contributed by atoms with E-state index in [1.807, 2.05) is 0 Å². The average molecular weight is 540 g/mol. The molecule has 0 aliphatic carbocycles. The van der Waals surface area contributed by atoms with Gasteiger partial charge in [-0.15, -0.1) is 0 Å². The van der Waals surface area contributed by atoms with Crippen molar-refractivity contribution >= 4 is 23.9 Å². The number of phenols is 1. The monoisotopic (exact) mass is 540 g/mol. The van der Waals surface area contributed by atoms with Gasteiger partial charge in [-0.3, -0.25) is 15.3 Å². The third-order valence-electron chi connectivity index (χ3n) is 2.63. The Labute approximate surface area is 252 Å². The molecule has 196 valence electrons. The molecule has 0 amide bonds. The Morgan fingerprint density at radius 2 is 1.03 bits per heavy atom. The molecule has 2 aromatic carbocycles. The number of benzene rings is 2. The van der Waals surface area contributed by atoms with Gasteiger partial charge in [0.05, 0.1) is 0 Å². The Morgan fingerprint density at radius 1 is 0.694 bits per heavy atom. The van der Waals surface area contributed by atoms with E-state index in [2.05, 4.69) is 9.62 Å². The number of carbonyl (C=O) groups is 4.